The summed E-state index contributed by atoms with van der Waals surface area (Å²) in [5.74, 6) is 0.481. The molecule has 0 aliphatic rings. The van der Waals surface area contributed by atoms with Crippen LogP contribution in [0.4, 0.5) is 4.39 Å². The maximum atomic E-state index is 13.2. The van der Waals surface area contributed by atoms with Crippen LogP contribution in [-0.4, -0.2) is 30.7 Å². The maximum Gasteiger partial charge on any atom is 0.191 e. The van der Waals surface area contributed by atoms with Gasteiger partial charge in [0.2, 0.25) is 0 Å². The van der Waals surface area contributed by atoms with E-state index in [-0.39, 0.29) is 12.4 Å². The van der Waals surface area contributed by atoms with Crippen LogP contribution in [0.3, 0.4) is 0 Å². The Labute approximate surface area is 152 Å². The van der Waals surface area contributed by atoms with Crippen molar-refractivity contribution in [1.29, 1.82) is 0 Å². The molecule has 1 heterocycles. The fourth-order valence-electron chi connectivity index (χ4n) is 2.43. The SMILES string of the molecule is CCNC(=NCC(C)(O)c1cccs1)NCCCc1cccc(F)c1. The molecule has 1 atom stereocenters. The molecule has 3 N–H and O–H groups in total. The third kappa shape index (κ3) is 6.48. The number of aliphatic hydroxyl groups is 1. The smallest absolute Gasteiger partial charge is 0.191 e. The molecule has 0 aliphatic heterocycles. The van der Waals surface area contributed by atoms with Gasteiger partial charge in [0.15, 0.2) is 5.96 Å². The molecule has 0 aliphatic carbocycles. The van der Waals surface area contributed by atoms with Gasteiger partial charge < -0.3 is 15.7 Å². The number of aliphatic imine (C=N–C) groups is 1. The predicted octanol–water partition coefficient (Wildman–Crippen LogP) is 3.28. The Bertz CT molecular complexity index is 671. The number of guanidine groups is 1. The molecule has 2 rings (SSSR count). The van der Waals surface area contributed by atoms with Crippen LogP contribution >= 0.6 is 11.3 Å². The van der Waals surface area contributed by atoms with Crippen LogP contribution < -0.4 is 10.6 Å². The summed E-state index contributed by atoms with van der Waals surface area (Å²) in [6.45, 7) is 5.53. The van der Waals surface area contributed by atoms with Gasteiger partial charge in [0.05, 0.1) is 6.54 Å². The van der Waals surface area contributed by atoms with Crippen molar-refractivity contribution in [2.45, 2.75) is 32.3 Å². The normalized spacial score (nSPS) is 14.2. The highest BCUT2D eigenvalue weighted by atomic mass is 32.1. The van der Waals surface area contributed by atoms with E-state index in [1.807, 2.05) is 30.5 Å². The van der Waals surface area contributed by atoms with Crippen molar-refractivity contribution in [3.05, 3.63) is 58.0 Å². The van der Waals surface area contributed by atoms with Gasteiger partial charge in [0, 0.05) is 18.0 Å². The first kappa shape index (κ1) is 19.4. The summed E-state index contributed by atoms with van der Waals surface area (Å²) >= 11 is 1.52. The van der Waals surface area contributed by atoms with Crippen molar-refractivity contribution in [3.63, 3.8) is 0 Å². The number of aryl methyl sites for hydroxylation is 1. The average molecular weight is 364 g/mol. The number of rotatable bonds is 8. The lowest BCUT2D eigenvalue weighted by molar-refractivity contribution is 0.0711. The largest absolute Gasteiger partial charge is 0.383 e. The first-order valence-electron chi connectivity index (χ1n) is 8.54. The topological polar surface area (TPSA) is 56.7 Å². The Morgan fingerprint density at radius 3 is 2.80 bits per heavy atom. The van der Waals surface area contributed by atoms with Crippen molar-refractivity contribution in [2.24, 2.45) is 4.99 Å². The Morgan fingerprint density at radius 2 is 2.12 bits per heavy atom. The van der Waals surface area contributed by atoms with E-state index in [4.69, 9.17) is 0 Å². The number of nitrogens with zero attached hydrogens (tertiary/aromatic N) is 1. The highest BCUT2D eigenvalue weighted by Gasteiger charge is 2.23. The first-order chi connectivity index (χ1) is 12.0. The lowest BCUT2D eigenvalue weighted by Crippen LogP contribution is -2.39. The number of hydrogen-bond donors (Lipinski definition) is 3. The molecule has 0 saturated heterocycles. The van der Waals surface area contributed by atoms with Gasteiger partial charge >= 0.3 is 0 Å². The molecule has 1 aromatic heterocycles. The van der Waals surface area contributed by atoms with Crippen LogP contribution in [0, 0.1) is 5.82 Å². The molecule has 0 radical (unpaired) electrons. The van der Waals surface area contributed by atoms with Crippen molar-refractivity contribution in [3.8, 4) is 0 Å². The zero-order valence-electron chi connectivity index (χ0n) is 14.8. The van der Waals surface area contributed by atoms with Crippen LogP contribution in [0.5, 0.6) is 0 Å². The summed E-state index contributed by atoms with van der Waals surface area (Å²) in [6.07, 6.45) is 1.67. The predicted molar refractivity (Wildman–Crippen MR) is 103 cm³/mol. The van der Waals surface area contributed by atoms with Gasteiger partial charge in [-0.15, -0.1) is 11.3 Å². The van der Waals surface area contributed by atoms with Gasteiger partial charge in [-0.1, -0.05) is 18.2 Å². The molecule has 0 bridgehead atoms. The van der Waals surface area contributed by atoms with E-state index in [0.29, 0.717) is 5.96 Å². The fourth-order valence-corrected chi connectivity index (χ4v) is 3.21. The highest BCUT2D eigenvalue weighted by molar-refractivity contribution is 7.10. The summed E-state index contributed by atoms with van der Waals surface area (Å²) in [5, 5.41) is 18.9. The standard InChI is InChI=1S/C19H26FN3OS/c1-3-21-18(23-14-19(2,24)17-10-6-12-25-17)22-11-5-8-15-7-4-9-16(20)13-15/h4,6-7,9-10,12-13,24H,3,5,8,11,14H2,1-2H3,(H2,21,22,23). The molecular weight excluding hydrogens is 337 g/mol. The molecule has 1 unspecified atom stereocenters. The average Bonchev–Trinajstić information content (AvgIpc) is 3.12. The minimum Gasteiger partial charge on any atom is -0.383 e. The van der Waals surface area contributed by atoms with Crippen molar-refractivity contribution in [2.75, 3.05) is 19.6 Å². The van der Waals surface area contributed by atoms with Crippen LogP contribution in [0.2, 0.25) is 0 Å². The van der Waals surface area contributed by atoms with E-state index in [2.05, 4.69) is 15.6 Å². The molecule has 25 heavy (non-hydrogen) atoms. The minimum absolute atomic E-state index is 0.198. The third-order valence-corrected chi connectivity index (χ3v) is 4.89. The Hall–Kier alpha value is -1.92. The molecule has 2 aromatic rings. The first-order valence-corrected chi connectivity index (χ1v) is 9.42. The van der Waals surface area contributed by atoms with E-state index in [1.54, 1.807) is 19.1 Å². The summed E-state index contributed by atoms with van der Waals surface area (Å²) in [4.78, 5) is 5.39. The molecule has 0 fully saturated rings. The quantitative estimate of drug-likeness (QED) is 0.383. The second-order valence-corrected chi connectivity index (χ2v) is 7.05. The van der Waals surface area contributed by atoms with Gasteiger partial charge in [-0.05, 0) is 55.8 Å². The van der Waals surface area contributed by atoms with E-state index in [0.717, 1.165) is 36.4 Å². The lowest BCUT2D eigenvalue weighted by Gasteiger charge is -2.20. The van der Waals surface area contributed by atoms with Gasteiger partial charge in [-0.3, -0.25) is 0 Å². The van der Waals surface area contributed by atoms with Crippen LogP contribution in [0.1, 0.15) is 30.7 Å². The Kier molecular flexibility index (Phi) is 7.40. The molecule has 0 saturated carbocycles. The molecule has 0 amide bonds. The van der Waals surface area contributed by atoms with Gasteiger partial charge in [0.25, 0.3) is 0 Å². The van der Waals surface area contributed by atoms with E-state index < -0.39 is 5.60 Å². The molecule has 6 heteroatoms. The van der Waals surface area contributed by atoms with Crippen LogP contribution in [0.25, 0.3) is 0 Å². The monoisotopic (exact) mass is 363 g/mol. The van der Waals surface area contributed by atoms with E-state index in [1.165, 1.54) is 17.4 Å². The molecule has 136 valence electrons. The second kappa shape index (κ2) is 9.53. The number of thiophene rings is 1. The second-order valence-electron chi connectivity index (χ2n) is 6.11. The zero-order valence-corrected chi connectivity index (χ0v) is 15.6. The number of halogens is 1. The summed E-state index contributed by atoms with van der Waals surface area (Å²) < 4.78 is 13.2. The Morgan fingerprint density at radius 1 is 1.28 bits per heavy atom. The van der Waals surface area contributed by atoms with E-state index in [9.17, 15) is 9.50 Å². The minimum atomic E-state index is -0.974. The zero-order chi connectivity index (χ0) is 18.1. The summed E-state index contributed by atoms with van der Waals surface area (Å²) in [7, 11) is 0. The van der Waals surface area contributed by atoms with Gasteiger partial charge in [-0.2, -0.15) is 0 Å². The molecule has 1 aromatic carbocycles. The molecule has 4 nitrogen and oxygen atoms in total. The van der Waals surface area contributed by atoms with E-state index >= 15 is 0 Å². The van der Waals surface area contributed by atoms with Gasteiger partial charge in [0.1, 0.15) is 11.4 Å². The number of hydrogen-bond acceptors (Lipinski definition) is 3. The van der Waals surface area contributed by atoms with Crippen molar-refractivity contribution < 1.29 is 9.50 Å². The third-order valence-electron chi connectivity index (χ3n) is 3.76. The molecule has 0 spiro atoms. The van der Waals surface area contributed by atoms with Crippen LogP contribution in [-0.2, 0) is 12.0 Å². The van der Waals surface area contributed by atoms with Gasteiger partial charge in [-0.25, -0.2) is 9.38 Å². The number of benzene rings is 1. The van der Waals surface area contributed by atoms with Crippen molar-refractivity contribution in [1.82, 2.24) is 10.6 Å². The van der Waals surface area contributed by atoms with Crippen molar-refractivity contribution >= 4 is 17.3 Å². The summed E-state index contributed by atoms with van der Waals surface area (Å²) in [5.41, 5.74) is 0.0160. The Balaban J connectivity index is 1.83. The maximum absolute atomic E-state index is 13.2. The number of nitrogens with one attached hydrogen (secondary N) is 2. The van der Waals surface area contributed by atoms with Crippen LogP contribution in [0.15, 0.2) is 46.8 Å². The highest BCUT2D eigenvalue weighted by Crippen LogP contribution is 2.25. The lowest BCUT2D eigenvalue weighted by atomic mass is 10.1. The molecular formula is C19H26FN3OS. The fraction of sp³-hybridized carbons (Fsp3) is 0.421. The summed E-state index contributed by atoms with van der Waals surface area (Å²) in [6, 6.07) is 10.5.